The molecule has 0 aliphatic carbocycles. The first-order valence-electron chi connectivity index (χ1n) is 6.20. The Morgan fingerprint density at radius 1 is 1.00 bits per heavy atom. The van der Waals surface area contributed by atoms with Crippen LogP contribution in [-0.4, -0.2) is 4.98 Å². The predicted octanol–water partition coefficient (Wildman–Crippen LogP) is 3.87. The summed E-state index contributed by atoms with van der Waals surface area (Å²) in [5.41, 5.74) is 9.89. The Bertz CT molecular complexity index is 730. The predicted molar refractivity (Wildman–Crippen MR) is 80.6 cm³/mol. The highest BCUT2D eigenvalue weighted by atomic mass is 14.9. The van der Waals surface area contributed by atoms with E-state index in [1.54, 1.807) is 6.20 Å². The molecule has 0 bridgehead atoms. The Kier molecular flexibility index (Phi) is 2.80. The van der Waals surface area contributed by atoms with Crippen molar-refractivity contribution in [3.63, 3.8) is 0 Å². The van der Waals surface area contributed by atoms with Gasteiger partial charge in [-0.2, -0.15) is 0 Å². The number of nitrogen functional groups attached to an aromatic ring is 1. The Balaban J connectivity index is 2.09. The van der Waals surface area contributed by atoms with Crippen molar-refractivity contribution in [2.45, 2.75) is 6.92 Å². The summed E-state index contributed by atoms with van der Waals surface area (Å²) in [6, 6.07) is 14.1. The highest BCUT2D eigenvalue weighted by molar-refractivity contribution is 5.95. The molecule has 2 aromatic carbocycles. The molecule has 0 fully saturated rings. The van der Waals surface area contributed by atoms with Crippen molar-refractivity contribution >= 4 is 27.8 Å². The van der Waals surface area contributed by atoms with Gasteiger partial charge in [-0.25, -0.2) is 0 Å². The summed E-state index contributed by atoms with van der Waals surface area (Å²) in [6.07, 6.45) is 3.66. The van der Waals surface area contributed by atoms with Gasteiger partial charge in [-0.05, 0) is 36.1 Å². The van der Waals surface area contributed by atoms with Crippen molar-refractivity contribution in [3.8, 4) is 0 Å². The number of rotatable bonds is 2. The van der Waals surface area contributed by atoms with E-state index in [-0.39, 0.29) is 0 Å². The van der Waals surface area contributed by atoms with Gasteiger partial charge in [0.2, 0.25) is 0 Å². The zero-order valence-electron chi connectivity index (χ0n) is 10.7. The molecule has 0 unspecified atom stereocenters. The molecule has 3 rings (SSSR count). The van der Waals surface area contributed by atoms with Crippen LogP contribution in [-0.2, 0) is 0 Å². The minimum absolute atomic E-state index is 0.781. The fourth-order valence-electron chi connectivity index (χ4n) is 2.16. The molecule has 3 nitrogen and oxygen atoms in total. The SMILES string of the molecule is Cc1cccc(Nc2cccc3ccncc23)c1N. The Labute approximate surface area is 112 Å². The van der Waals surface area contributed by atoms with Gasteiger partial charge in [0, 0.05) is 23.5 Å². The average molecular weight is 249 g/mol. The van der Waals surface area contributed by atoms with Crippen LogP contribution in [0.15, 0.2) is 54.9 Å². The number of benzene rings is 2. The Morgan fingerprint density at radius 3 is 2.68 bits per heavy atom. The maximum atomic E-state index is 6.10. The smallest absolute Gasteiger partial charge is 0.0620 e. The third-order valence-corrected chi connectivity index (χ3v) is 3.28. The maximum Gasteiger partial charge on any atom is 0.0620 e. The summed E-state index contributed by atoms with van der Waals surface area (Å²) in [5, 5.41) is 5.64. The van der Waals surface area contributed by atoms with E-state index in [1.165, 1.54) is 0 Å². The van der Waals surface area contributed by atoms with Crippen molar-refractivity contribution in [3.05, 3.63) is 60.4 Å². The lowest BCUT2D eigenvalue weighted by Crippen LogP contribution is -1.98. The molecule has 0 saturated heterocycles. The number of aryl methyl sites for hydroxylation is 1. The second-order valence-corrected chi connectivity index (χ2v) is 4.56. The van der Waals surface area contributed by atoms with Crippen molar-refractivity contribution in [2.75, 3.05) is 11.1 Å². The average Bonchev–Trinajstić information content (AvgIpc) is 2.44. The minimum atomic E-state index is 0.781. The van der Waals surface area contributed by atoms with Crippen LogP contribution in [0.2, 0.25) is 0 Å². The third-order valence-electron chi connectivity index (χ3n) is 3.28. The van der Waals surface area contributed by atoms with Gasteiger partial charge < -0.3 is 11.1 Å². The molecular formula is C16H15N3. The van der Waals surface area contributed by atoms with E-state index >= 15 is 0 Å². The van der Waals surface area contributed by atoms with Gasteiger partial charge in [-0.1, -0.05) is 24.3 Å². The lowest BCUT2D eigenvalue weighted by molar-refractivity contribution is 1.36. The molecule has 19 heavy (non-hydrogen) atoms. The van der Waals surface area contributed by atoms with Gasteiger partial charge in [0.05, 0.1) is 11.4 Å². The first-order chi connectivity index (χ1) is 9.25. The number of hydrogen-bond acceptors (Lipinski definition) is 3. The molecule has 0 aliphatic heterocycles. The number of hydrogen-bond donors (Lipinski definition) is 2. The van der Waals surface area contributed by atoms with Gasteiger partial charge in [-0.3, -0.25) is 4.98 Å². The summed E-state index contributed by atoms with van der Waals surface area (Å²) in [5.74, 6) is 0. The van der Waals surface area contributed by atoms with Crippen LogP contribution in [0.25, 0.3) is 10.8 Å². The van der Waals surface area contributed by atoms with Crippen LogP contribution in [0.1, 0.15) is 5.56 Å². The van der Waals surface area contributed by atoms with E-state index in [0.717, 1.165) is 33.4 Å². The van der Waals surface area contributed by atoms with Gasteiger partial charge >= 0.3 is 0 Å². The first kappa shape index (κ1) is 11.5. The van der Waals surface area contributed by atoms with Crippen molar-refractivity contribution in [2.24, 2.45) is 0 Å². The van der Waals surface area contributed by atoms with Crippen LogP contribution in [0.5, 0.6) is 0 Å². The monoisotopic (exact) mass is 249 g/mol. The number of nitrogens with zero attached hydrogens (tertiary/aromatic N) is 1. The minimum Gasteiger partial charge on any atom is -0.397 e. The summed E-state index contributed by atoms with van der Waals surface area (Å²) in [7, 11) is 0. The highest BCUT2D eigenvalue weighted by Gasteiger charge is 2.04. The fraction of sp³-hybridized carbons (Fsp3) is 0.0625. The van der Waals surface area contributed by atoms with E-state index in [1.807, 2.05) is 49.5 Å². The quantitative estimate of drug-likeness (QED) is 0.678. The lowest BCUT2D eigenvalue weighted by Gasteiger charge is -2.13. The van der Waals surface area contributed by atoms with Crippen LogP contribution in [0.3, 0.4) is 0 Å². The molecule has 0 saturated carbocycles. The molecule has 3 N–H and O–H groups in total. The molecule has 3 heteroatoms. The zero-order chi connectivity index (χ0) is 13.2. The molecule has 1 heterocycles. The third kappa shape index (κ3) is 2.10. The summed E-state index contributed by atoms with van der Waals surface area (Å²) >= 11 is 0. The second kappa shape index (κ2) is 4.61. The van der Waals surface area contributed by atoms with Crippen molar-refractivity contribution in [1.29, 1.82) is 0 Å². The van der Waals surface area contributed by atoms with E-state index in [0.29, 0.717) is 0 Å². The standard InChI is InChI=1S/C16H15N3/c1-11-4-2-7-15(16(11)17)19-14-6-3-5-12-8-9-18-10-13(12)14/h2-10,19H,17H2,1H3. The van der Waals surface area contributed by atoms with Crippen molar-refractivity contribution < 1.29 is 0 Å². The molecule has 0 aliphatic rings. The van der Waals surface area contributed by atoms with Gasteiger partial charge in [-0.15, -0.1) is 0 Å². The van der Waals surface area contributed by atoms with E-state index in [4.69, 9.17) is 5.73 Å². The second-order valence-electron chi connectivity index (χ2n) is 4.56. The maximum absolute atomic E-state index is 6.10. The van der Waals surface area contributed by atoms with Crippen LogP contribution in [0.4, 0.5) is 17.1 Å². The fourth-order valence-corrected chi connectivity index (χ4v) is 2.16. The Morgan fingerprint density at radius 2 is 1.79 bits per heavy atom. The molecule has 3 aromatic rings. The summed E-state index contributed by atoms with van der Waals surface area (Å²) in [6.45, 7) is 2.01. The number of pyridine rings is 1. The number of fused-ring (bicyclic) bond motifs is 1. The number of nitrogens with two attached hydrogens (primary N) is 1. The van der Waals surface area contributed by atoms with Crippen LogP contribution >= 0.6 is 0 Å². The number of nitrogens with one attached hydrogen (secondary N) is 1. The molecular weight excluding hydrogens is 234 g/mol. The van der Waals surface area contributed by atoms with Gasteiger partial charge in [0.15, 0.2) is 0 Å². The lowest BCUT2D eigenvalue weighted by atomic mass is 10.1. The van der Waals surface area contributed by atoms with Gasteiger partial charge in [0.1, 0.15) is 0 Å². The molecule has 0 radical (unpaired) electrons. The highest BCUT2D eigenvalue weighted by Crippen LogP contribution is 2.29. The zero-order valence-corrected chi connectivity index (χ0v) is 10.7. The van der Waals surface area contributed by atoms with E-state index < -0.39 is 0 Å². The normalized spacial score (nSPS) is 10.6. The van der Waals surface area contributed by atoms with Gasteiger partial charge in [0.25, 0.3) is 0 Å². The number of anilines is 3. The largest absolute Gasteiger partial charge is 0.397 e. The first-order valence-corrected chi connectivity index (χ1v) is 6.20. The van der Waals surface area contributed by atoms with E-state index in [2.05, 4.69) is 16.4 Å². The van der Waals surface area contributed by atoms with Crippen molar-refractivity contribution in [1.82, 2.24) is 4.98 Å². The summed E-state index contributed by atoms with van der Waals surface area (Å²) in [4.78, 5) is 4.18. The molecule has 0 atom stereocenters. The molecule has 94 valence electrons. The Hall–Kier alpha value is -2.55. The number of aromatic nitrogens is 1. The number of para-hydroxylation sites is 1. The molecule has 0 spiro atoms. The molecule has 1 aromatic heterocycles. The van der Waals surface area contributed by atoms with Crippen LogP contribution < -0.4 is 11.1 Å². The summed E-state index contributed by atoms with van der Waals surface area (Å²) < 4.78 is 0. The van der Waals surface area contributed by atoms with Crippen LogP contribution in [0, 0.1) is 6.92 Å². The van der Waals surface area contributed by atoms with E-state index in [9.17, 15) is 0 Å². The topological polar surface area (TPSA) is 50.9 Å². The molecule has 0 amide bonds.